The van der Waals surface area contributed by atoms with Crippen LogP contribution in [0.2, 0.25) is 0 Å². The molecule has 0 unspecified atom stereocenters. The molecule has 0 aromatic rings. The maximum atomic E-state index is 8.58. The van der Waals surface area contributed by atoms with Crippen molar-refractivity contribution in [3.8, 4) is 0 Å². The van der Waals surface area contributed by atoms with E-state index in [1.807, 2.05) is 0 Å². The van der Waals surface area contributed by atoms with Crippen LogP contribution < -0.4 is 0 Å². The molecule has 0 spiro atoms. The van der Waals surface area contributed by atoms with Gasteiger partial charge in [-0.05, 0) is 0 Å². The summed E-state index contributed by atoms with van der Waals surface area (Å²) in [6.45, 7) is 0. The third-order valence-electron chi connectivity index (χ3n) is 0. The molecule has 0 rings (SSSR count). The predicted molar refractivity (Wildman–Crippen MR) is 14.4 cm³/mol. The van der Waals surface area contributed by atoms with E-state index in [9.17, 15) is 0 Å². The van der Waals surface area contributed by atoms with Crippen LogP contribution in [0.15, 0.2) is 0 Å². The van der Waals surface area contributed by atoms with Crippen LogP contribution in [0.3, 0.4) is 0 Å². The molecule has 1 N–H and O–H groups in total. The molecule has 0 aliphatic heterocycles. The Bertz CT molecular complexity index is 13.5. The molecule has 4 heavy (non-hydrogen) atoms. The van der Waals surface area contributed by atoms with Crippen LogP contribution in [-0.4, -0.2) is 47.4 Å². The summed E-state index contributed by atoms with van der Waals surface area (Å²) in [5.74, 6) is 0. The largest absolute Gasteiger partial charge is 0 e. The molecule has 2 nitrogen and oxygen atoms in total. The van der Waals surface area contributed by atoms with E-state index in [2.05, 4.69) is 0 Å². The monoisotopic (exact) mass is 316 g/mol. The Morgan fingerprint density at radius 3 is 1.75 bits per heavy atom. The van der Waals surface area contributed by atoms with E-state index < -0.39 is 16.0 Å². The summed E-state index contributed by atoms with van der Waals surface area (Å²) in [6.07, 6.45) is 0. The topological polar surface area (TPSA) is 37.3 Å². The van der Waals surface area contributed by atoms with Gasteiger partial charge in [-0.1, -0.05) is 0 Å². The van der Waals surface area contributed by atoms with Crippen LogP contribution in [0.5, 0.6) is 0 Å². The van der Waals surface area contributed by atoms with Gasteiger partial charge in [-0.3, -0.25) is 0 Å². The number of rotatable bonds is 0. The zero-order valence-corrected chi connectivity index (χ0v) is 7.57. The van der Waals surface area contributed by atoms with Gasteiger partial charge >= 0.3 is 23.9 Å². The Kier molecular flexibility index (Phi) is 19.9. The fraction of sp³-hybridized carbons (Fsp3) is 0. The molecule has 4 heteroatoms. The van der Waals surface area contributed by atoms with E-state index in [0.29, 0.717) is 0 Å². The van der Waals surface area contributed by atoms with Crippen molar-refractivity contribution in [1.82, 2.24) is 0 Å². The van der Waals surface area contributed by atoms with Gasteiger partial charge in [-0.15, -0.1) is 0 Å². The summed E-state index contributed by atoms with van der Waals surface area (Å²) in [4.78, 5) is 0. The zero-order chi connectivity index (χ0) is 2.71. The minimum atomic E-state index is -1.56. The van der Waals surface area contributed by atoms with Gasteiger partial charge in [0.25, 0.3) is 0 Å². The third kappa shape index (κ3) is 10.6. The van der Waals surface area contributed by atoms with Crippen molar-refractivity contribution in [3.05, 3.63) is 0 Å². The molecule has 0 saturated carbocycles. The van der Waals surface area contributed by atoms with Crippen molar-refractivity contribution < 1.29 is 7.84 Å². The van der Waals surface area contributed by atoms with E-state index >= 15 is 0 Å². The molecule has 0 bridgehead atoms. The number of hydrogen-bond donors (Lipinski definition) is 1. The summed E-state index contributed by atoms with van der Waals surface area (Å²) < 4.78 is 15.7. The third-order valence-corrected chi connectivity index (χ3v) is 0. The van der Waals surface area contributed by atoms with Crippen LogP contribution in [0.25, 0.3) is 0 Å². The van der Waals surface area contributed by atoms with Crippen molar-refractivity contribution in [3.63, 3.8) is 0 Å². The molecule has 0 atom stereocenters. The molecule has 0 heterocycles. The average molecular weight is 315 g/mol. The van der Waals surface area contributed by atoms with Crippen molar-refractivity contribution >= 4 is 43.3 Å². The molecular weight excluding hydrogens is 314 g/mol. The van der Waals surface area contributed by atoms with Crippen LogP contribution in [0.1, 0.15) is 0 Å². The second-order valence-corrected chi connectivity index (χ2v) is 0.424. The van der Waals surface area contributed by atoms with Gasteiger partial charge in [0, 0.05) is 27.3 Å². The first-order valence-corrected chi connectivity index (χ1v) is 1.99. The van der Waals surface area contributed by atoms with Crippen LogP contribution in [0, 0.1) is 0 Å². The number of hydrogen-bond acceptors (Lipinski definition) is 1. The van der Waals surface area contributed by atoms with E-state index in [-0.39, 0.29) is 27.3 Å². The Morgan fingerprint density at radius 1 is 1.75 bits per heavy atom. The molecule has 22 valence electrons. The normalized spacial score (nSPS) is 5.25. The molecule has 0 aliphatic rings. The van der Waals surface area contributed by atoms with Crippen LogP contribution in [-0.2, 0) is 3.74 Å². The average Bonchev–Trinajstić information content (AvgIpc) is 0.918. The van der Waals surface area contributed by atoms with Gasteiger partial charge in [0.05, 0.1) is 0 Å². The Labute approximate surface area is 51.0 Å². The SMILES string of the molecule is O=[As]O.[Pb]. The smallest absolute Gasteiger partial charge is 0 e. The minimum Gasteiger partial charge on any atom is 0 e. The Morgan fingerprint density at radius 2 is 1.75 bits per heavy atom. The molecule has 0 aromatic heterocycles. The molecular formula is HAsO2Pb. The van der Waals surface area contributed by atoms with Crippen molar-refractivity contribution in [2.45, 2.75) is 0 Å². The first-order chi connectivity index (χ1) is 1.41. The summed E-state index contributed by atoms with van der Waals surface area (Å²) in [7, 11) is 0. The fourth-order valence-corrected chi connectivity index (χ4v) is 0. The molecule has 4 radical (unpaired) electrons. The van der Waals surface area contributed by atoms with E-state index in [0.717, 1.165) is 0 Å². The molecule has 0 amide bonds. The first-order valence-electron chi connectivity index (χ1n) is 0.383. The summed E-state index contributed by atoms with van der Waals surface area (Å²) in [5, 5.41) is 0. The van der Waals surface area contributed by atoms with Crippen molar-refractivity contribution in [1.29, 1.82) is 0 Å². The van der Waals surface area contributed by atoms with Gasteiger partial charge in [0.1, 0.15) is 0 Å². The maximum absolute atomic E-state index is 8.58. The quantitative estimate of drug-likeness (QED) is 0.556. The Hall–Kier alpha value is 1.24. The van der Waals surface area contributed by atoms with E-state index in [1.165, 1.54) is 0 Å². The van der Waals surface area contributed by atoms with Gasteiger partial charge in [0.15, 0.2) is 0 Å². The zero-order valence-electron chi connectivity index (χ0n) is 1.80. The van der Waals surface area contributed by atoms with Gasteiger partial charge in [0.2, 0.25) is 0 Å². The summed E-state index contributed by atoms with van der Waals surface area (Å²) in [5.41, 5.74) is 0. The summed E-state index contributed by atoms with van der Waals surface area (Å²) in [6, 6.07) is 0. The first kappa shape index (κ1) is 8.97. The molecule has 0 fully saturated rings. The van der Waals surface area contributed by atoms with Crippen LogP contribution >= 0.6 is 0 Å². The van der Waals surface area contributed by atoms with Gasteiger partial charge in [-0.25, -0.2) is 0 Å². The van der Waals surface area contributed by atoms with E-state index in [1.54, 1.807) is 0 Å². The second kappa shape index (κ2) is 8.87. The standard InChI is InChI=1S/AsHO2.Pb/c2-1-3;/h(H,2,3);. The second-order valence-electron chi connectivity index (χ2n) is 0.0816. The Balaban J connectivity index is 0. The van der Waals surface area contributed by atoms with Gasteiger partial charge in [-0.2, -0.15) is 0 Å². The predicted octanol–water partition coefficient (Wildman–Crippen LogP) is -1.44. The van der Waals surface area contributed by atoms with Crippen molar-refractivity contribution in [2.75, 3.05) is 0 Å². The molecule has 0 aromatic carbocycles. The molecule has 0 saturated heterocycles. The van der Waals surface area contributed by atoms with Crippen LogP contribution in [0.4, 0.5) is 0 Å². The van der Waals surface area contributed by atoms with Gasteiger partial charge < -0.3 is 0 Å². The maximum Gasteiger partial charge on any atom is 0 e. The van der Waals surface area contributed by atoms with E-state index in [4.69, 9.17) is 7.84 Å². The van der Waals surface area contributed by atoms with Crippen molar-refractivity contribution in [2.24, 2.45) is 0 Å². The molecule has 0 aliphatic carbocycles. The minimum absolute atomic E-state index is 0. The fourth-order valence-electron chi connectivity index (χ4n) is 0. The summed E-state index contributed by atoms with van der Waals surface area (Å²) >= 11 is -1.56.